The molecular formula is C16H15Cl2N5O3S. The Morgan fingerprint density at radius 3 is 2.81 bits per heavy atom. The fourth-order valence-electron chi connectivity index (χ4n) is 2.28. The maximum absolute atomic E-state index is 12.1. The largest absolute Gasteiger partial charge is 0.492 e. The summed E-state index contributed by atoms with van der Waals surface area (Å²) in [5.74, 6) is 0.580. The molecule has 3 rings (SSSR count). The third kappa shape index (κ3) is 4.51. The van der Waals surface area contributed by atoms with Gasteiger partial charge in [-0.15, -0.1) is 0 Å². The van der Waals surface area contributed by atoms with E-state index in [0.29, 0.717) is 24.6 Å². The summed E-state index contributed by atoms with van der Waals surface area (Å²) in [6, 6.07) is 7.01. The Hall–Kier alpha value is -2.33. The van der Waals surface area contributed by atoms with Gasteiger partial charge >= 0.3 is 6.09 Å². The molecule has 1 aromatic carbocycles. The lowest BCUT2D eigenvalue weighted by molar-refractivity contribution is 0.214. The summed E-state index contributed by atoms with van der Waals surface area (Å²) in [4.78, 5) is 12.1. The van der Waals surface area contributed by atoms with Crippen molar-refractivity contribution >= 4 is 46.5 Å². The minimum Gasteiger partial charge on any atom is -0.492 e. The predicted octanol–water partition coefficient (Wildman–Crippen LogP) is 3.80. The molecule has 0 unspecified atom stereocenters. The number of halogens is 2. The van der Waals surface area contributed by atoms with Gasteiger partial charge in [-0.2, -0.15) is 9.47 Å². The topological polar surface area (TPSA) is 104 Å². The Morgan fingerprint density at radius 1 is 1.37 bits per heavy atom. The second kappa shape index (κ2) is 8.57. The molecule has 27 heavy (non-hydrogen) atoms. The summed E-state index contributed by atoms with van der Waals surface area (Å²) >= 11 is 12.6. The van der Waals surface area contributed by atoms with E-state index < -0.39 is 6.09 Å². The van der Waals surface area contributed by atoms with Gasteiger partial charge in [0.05, 0.1) is 5.69 Å². The van der Waals surface area contributed by atoms with Crippen LogP contribution < -0.4 is 20.5 Å². The van der Waals surface area contributed by atoms with E-state index in [4.69, 9.17) is 38.4 Å². The SMILES string of the molecule is Cn1nccc1-c1cc(NC(=O)Oc2nsc(Cl)c2Cl)ccc1OCCN. The number of ether oxygens (including phenoxy) is 2. The minimum atomic E-state index is -0.745. The van der Waals surface area contributed by atoms with Crippen molar-refractivity contribution in [1.82, 2.24) is 14.2 Å². The monoisotopic (exact) mass is 427 g/mol. The summed E-state index contributed by atoms with van der Waals surface area (Å²) in [6.45, 7) is 0.747. The number of carbonyl (C=O) groups is 1. The van der Waals surface area contributed by atoms with Crippen LogP contribution in [0.3, 0.4) is 0 Å². The highest BCUT2D eigenvalue weighted by atomic mass is 35.5. The number of hydrogen-bond acceptors (Lipinski definition) is 7. The average Bonchev–Trinajstić information content (AvgIpc) is 3.21. The second-order valence-electron chi connectivity index (χ2n) is 5.28. The van der Waals surface area contributed by atoms with E-state index in [-0.39, 0.29) is 15.2 Å². The van der Waals surface area contributed by atoms with Crippen molar-refractivity contribution in [3.63, 3.8) is 0 Å². The van der Waals surface area contributed by atoms with Crippen molar-refractivity contribution in [1.29, 1.82) is 0 Å². The standard InChI is InChI=1S/C16H15Cl2N5O3S/c1-23-11(4-6-20-23)10-8-9(2-3-12(10)25-7-5-19)21-16(24)26-15-13(17)14(18)27-22-15/h2-4,6,8H,5,7,19H2,1H3,(H,21,24). The maximum Gasteiger partial charge on any atom is 0.418 e. The van der Waals surface area contributed by atoms with Crippen LogP contribution in [0.15, 0.2) is 30.5 Å². The van der Waals surface area contributed by atoms with Crippen molar-refractivity contribution in [2.75, 3.05) is 18.5 Å². The lowest BCUT2D eigenvalue weighted by Crippen LogP contribution is -2.17. The van der Waals surface area contributed by atoms with Crippen LogP contribution in [0, 0.1) is 0 Å². The molecule has 1 amide bonds. The molecule has 11 heteroatoms. The van der Waals surface area contributed by atoms with Crippen LogP contribution in [-0.4, -0.2) is 33.4 Å². The Kier molecular flexibility index (Phi) is 6.17. The number of nitrogens with one attached hydrogen (secondary N) is 1. The summed E-state index contributed by atoms with van der Waals surface area (Å²) in [5, 5.41) is 6.88. The van der Waals surface area contributed by atoms with Crippen molar-refractivity contribution in [2.24, 2.45) is 12.8 Å². The molecule has 0 saturated carbocycles. The van der Waals surface area contributed by atoms with Crippen LogP contribution in [0.1, 0.15) is 0 Å². The van der Waals surface area contributed by atoms with Gasteiger partial charge in [0, 0.05) is 31.0 Å². The van der Waals surface area contributed by atoms with Gasteiger partial charge in [-0.25, -0.2) is 4.79 Å². The van der Waals surface area contributed by atoms with E-state index in [2.05, 4.69) is 14.8 Å². The van der Waals surface area contributed by atoms with Crippen molar-refractivity contribution < 1.29 is 14.3 Å². The Labute approximate surface area is 168 Å². The van der Waals surface area contributed by atoms with E-state index in [1.165, 1.54) is 0 Å². The summed E-state index contributed by atoms with van der Waals surface area (Å²) < 4.78 is 16.6. The van der Waals surface area contributed by atoms with E-state index in [1.807, 2.05) is 13.1 Å². The molecule has 0 spiro atoms. The van der Waals surface area contributed by atoms with Gasteiger partial charge in [0.25, 0.3) is 5.88 Å². The van der Waals surface area contributed by atoms with E-state index in [9.17, 15) is 4.79 Å². The first-order valence-electron chi connectivity index (χ1n) is 7.74. The molecule has 0 aliphatic rings. The first kappa shape index (κ1) is 19.4. The van der Waals surface area contributed by atoms with Crippen LogP contribution in [0.5, 0.6) is 11.6 Å². The van der Waals surface area contributed by atoms with E-state index in [1.54, 1.807) is 29.1 Å². The molecule has 0 radical (unpaired) electrons. The number of aromatic nitrogens is 3. The molecule has 2 heterocycles. The fraction of sp³-hybridized carbons (Fsp3) is 0.188. The molecule has 0 bridgehead atoms. The van der Waals surface area contributed by atoms with E-state index >= 15 is 0 Å². The number of nitrogens with two attached hydrogens (primary N) is 1. The molecule has 2 aromatic heterocycles. The molecule has 0 aliphatic carbocycles. The van der Waals surface area contributed by atoms with Gasteiger partial charge in [0.2, 0.25) is 0 Å². The van der Waals surface area contributed by atoms with Gasteiger partial charge in [-0.05, 0) is 35.8 Å². The van der Waals surface area contributed by atoms with Gasteiger partial charge in [0.15, 0.2) is 0 Å². The highest BCUT2D eigenvalue weighted by Crippen LogP contribution is 2.35. The molecular weight excluding hydrogens is 413 g/mol. The van der Waals surface area contributed by atoms with Crippen LogP contribution in [0.25, 0.3) is 11.3 Å². The average molecular weight is 428 g/mol. The van der Waals surface area contributed by atoms with Gasteiger partial charge in [-0.1, -0.05) is 23.2 Å². The third-order valence-corrected chi connectivity index (χ3v) is 5.03. The first-order chi connectivity index (χ1) is 13.0. The fourth-order valence-corrected chi connectivity index (χ4v) is 3.16. The molecule has 3 N–H and O–H groups in total. The van der Waals surface area contributed by atoms with Gasteiger partial charge in [0.1, 0.15) is 21.7 Å². The quantitative estimate of drug-likeness (QED) is 0.619. The number of amides is 1. The highest BCUT2D eigenvalue weighted by Gasteiger charge is 2.17. The molecule has 0 fully saturated rings. The van der Waals surface area contributed by atoms with Crippen LogP contribution in [0.4, 0.5) is 10.5 Å². The zero-order valence-electron chi connectivity index (χ0n) is 14.1. The summed E-state index contributed by atoms with van der Waals surface area (Å²) in [5.41, 5.74) is 7.57. The van der Waals surface area contributed by atoms with E-state index in [0.717, 1.165) is 22.8 Å². The second-order valence-corrected chi connectivity index (χ2v) is 7.03. The van der Waals surface area contributed by atoms with Crippen LogP contribution >= 0.6 is 34.7 Å². The molecule has 0 saturated heterocycles. The number of nitrogens with zero attached hydrogens (tertiary/aromatic N) is 3. The van der Waals surface area contributed by atoms with Gasteiger partial charge < -0.3 is 15.2 Å². The maximum atomic E-state index is 12.1. The lowest BCUT2D eigenvalue weighted by Gasteiger charge is -2.13. The minimum absolute atomic E-state index is 0.0427. The van der Waals surface area contributed by atoms with Crippen LogP contribution in [-0.2, 0) is 7.05 Å². The number of rotatable bonds is 6. The normalized spacial score (nSPS) is 10.7. The summed E-state index contributed by atoms with van der Waals surface area (Å²) in [6.07, 6.45) is 0.926. The number of anilines is 1. The zero-order chi connectivity index (χ0) is 19.4. The zero-order valence-corrected chi connectivity index (χ0v) is 16.4. The molecule has 0 atom stereocenters. The number of aryl methyl sites for hydroxylation is 1. The number of hydrogen-bond donors (Lipinski definition) is 2. The van der Waals surface area contributed by atoms with Crippen molar-refractivity contribution in [3.05, 3.63) is 39.8 Å². The lowest BCUT2D eigenvalue weighted by atomic mass is 10.1. The summed E-state index contributed by atoms with van der Waals surface area (Å²) in [7, 11) is 1.81. The Bertz CT molecular complexity index is 959. The molecule has 0 aliphatic heterocycles. The van der Waals surface area contributed by atoms with Crippen LogP contribution in [0.2, 0.25) is 9.36 Å². The smallest absolute Gasteiger partial charge is 0.418 e. The van der Waals surface area contributed by atoms with Crippen molar-refractivity contribution in [3.8, 4) is 22.9 Å². The number of carbonyl (C=O) groups excluding carboxylic acids is 1. The first-order valence-corrected chi connectivity index (χ1v) is 9.27. The van der Waals surface area contributed by atoms with Crippen molar-refractivity contribution in [2.45, 2.75) is 0 Å². The molecule has 8 nitrogen and oxygen atoms in total. The molecule has 142 valence electrons. The van der Waals surface area contributed by atoms with Gasteiger partial charge in [-0.3, -0.25) is 10.00 Å². The predicted molar refractivity (Wildman–Crippen MR) is 105 cm³/mol. The third-order valence-electron chi connectivity index (χ3n) is 3.46. The Morgan fingerprint density at radius 2 is 2.19 bits per heavy atom. The Balaban J connectivity index is 1.82. The highest BCUT2D eigenvalue weighted by molar-refractivity contribution is 7.11. The molecule has 3 aromatic rings. The number of benzene rings is 1.